The smallest absolute Gasteiger partial charge is 0.292 e. The first-order valence-electron chi connectivity index (χ1n) is 7.97. The van der Waals surface area contributed by atoms with Gasteiger partial charge in [-0.1, -0.05) is 36.2 Å². The Morgan fingerprint density at radius 1 is 1.30 bits per heavy atom. The summed E-state index contributed by atoms with van der Waals surface area (Å²) in [6.45, 7) is 2.39. The largest absolute Gasteiger partial charge is 0.471 e. The predicted octanol–water partition coefficient (Wildman–Crippen LogP) is 4.00. The second-order valence-electron chi connectivity index (χ2n) is 5.44. The number of hydrogen-bond donors (Lipinski definition) is 3. The van der Waals surface area contributed by atoms with Crippen molar-refractivity contribution < 1.29 is 9.53 Å². The lowest BCUT2D eigenvalue weighted by Crippen LogP contribution is -1.85. The van der Waals surface area contributed by atoms with Crippen molar-refractivity contribution in [2.75, 3.05) is 7.11 Å². The zero-order valence-corrected chi connectivity index (χ0v) is 16.0. The van der Waals surface area contributed by atoms with Gasteiger partial charge in [-0.3, -0.25) is 15.0 Å². The van der Waals surface area contributed by atoms with Crippen molar-refractivity contribution in [3.63, 3.8) is 0 Å². The number of halogens is 2. The average molecular weight is 407 g/mol. The van der Waals surface area contributed by atoms with Crippen LogP contribution in [-0.4, -0.2) is 43.9 Å². The molecule has 0 bridgehead atoms. The van der Waals surface area contributed by atoms with Crippen LogP contribution in [0.1, 0.15) is 12.7 Å². The molecule has 0 fully saturated rings. The predicted molar refractivity (Wildman–Crippen MR) is 104 cm³/mol. The Labute approximate surface area is 164 Å². The topological polar surface area (TPSA) is 112 Å². The number of nitrogens with zero attached hydrogens (tertiary/aromatic N) is 3. The number of aryl methyl sites for hydroxylation is 1. The number of fused-ring (bicyclic) bond motifs is 1. The van der Waals surface area contributed by atoms with E-state index in [0.29, 0.717) is 22.3 Å². The summed E-state index contributed by atoms with van der Waals surface area (Å²) in [6.07, 6.45) is 4.35. The van der Waals surface area contributed by atoms with E-state index in [2.05, 4.69) is 35.1 Å². The number of carbonyl (C=O) groups excluding carboxylic acids is 1. The van der Waals surface area contributed by atoms with Crippen LogP contribution in [-0.2, 0) is 16.0 Å². The van der Waals surface area contributed by atoms with Crippen LogP contribution in [0.15, 0.2) is 24.5 Å². The van der Waals surface area contributed by atoms with Crippen molar-refractivity contribution in [1.82, 2.24) is 30.4 Å². The van der Waals surface area contributed by atoms with Crippen LogP contribution >= 0.6 is 23.2 Å². The standard InChI is InChI=1S/C15H12Cl2N6.C2H4O2/c1-2-10-20-15(23-22-10)14-11(7-5-18-19-6-7)8-3-4-9(16)12(17)13(8)21-14;1-4-2-3/h3-6,21H,2H2,1H3,(H,18,19)(H,20,22,23);2H,1H3. The maximum absolute atomic E-state index is 8.95. The number of carbonyl (C=O) groups is 1. The summed E-state index contributed by atoms with van der Waals surface area (Å²) in [4.78, 5) is 16.8. The summed E-state index contributed by atoms with van der Waals surface area (Å²) < 4.78 is 3.86. The number of ether oxygens (including phenoxy) is 1. The Morgan fingerprint density at radius 3 is 2.67 bits per heavy atom. The van der Waals surface area contributed by atoms with E-state index in [1.165, 1.54) is 7.11 Å². The van der Waals surface area contributed by atoms with Gasteiger partial charge in [-0.15, -0.1) is 0 Å². The molecule has 3 aromatic heterocycles. The number of benzene rings is 1. The quantitative estimate of drug-likeness (QED) is 0.443. The minimum Gasteiger partial charge on any atom is -0.471 e. The molecule has 1 aromatic carbocycles. The van der Waals surface area contributed by atoms with E-state index < -0.39 is 0 Å². The molecule has 0 aliphatic rings. The number of hydrogen-bond acceptors (Lipinski definition) is 5. The van der Waals surface area contributed by atoms with Crippen LogP contribution in [0.4, 0.5) is 0 Å². The second kappa shape index (κ2) is 8.24. The van der Waals surface area contributed by atoms with Crippen molar-refractivity contribution in [1.29, 1.82) is 0 Å². The molecule has 0 amide bonds. The number of aromatic nitrogens is 6. The summed E-state index contributed by atoms with van der Waals surface area (Å²) in [5.74, 6) is 1.40. The van der Waals surface area contributed by atoms with Crippen molar-refractivity contribution >= 4 is 40.6 Å². The van der Waals surface area contributed by atoms with Crippen LogP contribution in [0, 0.1) is 0 Å². The molecule has 0 saturated heterocycles. The summed E-state index contributed by atoms with van der Waals surface area (Å²) >= 11 is 12.5. The van der Waals surface area contributed by atoms with Crippen LogP contribution in [0.3, 0.4) is 0 Å². The van der Waals surface area contributed by atoms with Gasteiger partial charge in [0.25, 0.3) is 6.47 Å². The fourth-order valence-corrected chi connectivity index (χ4v) is 2.99. The molecule has 0 spiro atoms. The van der Waals surface area contributed by atoms with Gasteiger partial charge in [0.1, 0.15) is 5.82 Å². The van der Waals surface area contributed by atoms with Gasteiger partial charge in [0.2, 0.25) is 0 Å². The van der Waals surface area contributed by atoms with Gasteiger partial charge in [-0.2, -0.15) is 10.2 Å². The van der Waals surface area contributed by atoms with E-state index in [0.717, 1.165) is 40.0 Å². The van der Waals surface area contributed by atoms with Gasteiger partial charge >= 0.3 is 0 Å². The SMILES string of the molecule is CCc1nc(-c2[nH]c3c(Cl)c(Cl)ccc3c2-c2cn[nH]c2)n[nH]1.COC=O. The molecule has 3 N–H and O–H groups in total. The van der Waals surface area contributed by atoms with E-state index in [9.17, 15) is 0 Å². The molecule has 10 heteroatoms. The monoisotopic (exact) mass is 406 g/mol. The average Bonchev–Trinajstić information content (AvgIpc) is 3.43. The maximum atomic E-state index is 8.95. The molecule has 4 rings (SSSR count). The second-order valence-corrected chi connectivity index (χ2v) is 6.22. The number of aromatic amines is 3. The Balaban J connectivity index is 0.000000481. The van der Waals surface area contributed by atoms with Crippen LogP contribution in [0.2, 0.25) is 10.0 Å². The molecule has 0 aliphatic carbocycles. The third-order valence-corrected chi connectivity index (χ3v) is 4.64. The van der Waals surface area contributed by atoms with Crippen LogP contribution in [0.5, 0.6) is 0 Å². The van der Waals surface area contributed by atoms with Gasteiger partial charge in [0.05, 0.1) is 34.6 Å². The van der Waals surface area contributed by atoms with Gasteiger partial charge in [0, 0.05) is 29.1 Å². The van der Waals surface area contributed by atoms with Crippen molar-refractivity contribution in [2.24, 2.45) is 0 Å². The molecule has 0 unspecified atom stereocenters. The van der Waals surface area contributed by atoms with Crippen LogP contribution < -0.4 is 0 Å². The zero-order chi connectivity index (χ0) is 19.4. The summed E-state index contributed by atoms with van der Waals surface area (Å²) in [5.41, 5.74) is 3.40. The van der Waals surface area contributed by atoms with E-state index in [4.69, 9.17) is 28.0 Å². The summed E-state index contributed by atoms with van der Waals surface area (Å²) in [6, 6.07) is 3.71. The summed E-state index contributed by atoms with van der Waals surface area (Å²) in [5, 5.41) is 16.0. The first kappa shape index (κ1) is 18.9. The number of methoxy groups -OCH3 is 1. The normalized spacial score (nSPS) is 10.5. The third kappa shape index (κ3) is 3.67. The molecular weight excluding hydrogens is 391 g/mol. The first-order valence-corrected chi connectivity index (χ1v) is 8.73. The minimum atomic E-state index is 0.375. The van der Waals surface area contributed by atoms with Gasteiger partial charge in [-0.05, 0) is 6.07 Å². The Morgan fingerprint density at radius 2 is 2.07 bits per heavy atom. The highest BCUT2D eigenvalue weighted by Crippen LogP contribution is 2.41. The van der Waals surface area contributed by atoms with E-state index >= 15 is 0 Å². The Kier molecular flexibility index (Phi) is 5.78. The van der Waals surface area contributed by atoms with E-state index in [-0.39, 0.29) is 0 Å². The third-order valence-electron chi connectivity index (χ3n) is 3.84. The lowest BCUT2D eigenvalue weighted by molar-refractivity contribution is -0.126. The van der Waals surface area contributed by atoms with Gasteiger partial charge < -0.3 is 9.72 Å². The van der Waals surface area contributed by atoms with Crippen LogP contribution in [0.25, 0.3) is 33.5 Å². The van der Waals surface area contributed by atoms with E-state index in [1.54, 1.807) is 12.3 Å². The lowest BCUT2D eigenvalue weighted by atomic mass is 10.0. The molecule has 8 nitrogen and oxygen atoms in total. The molecule has 0 atom stereocenters. The fraction of sp³-hybridized carbons (Fsp3) is 0.176. The molecule has 27 heavy (non-hydrogen) atoms. The molecular formula is C17H16Cl2N6O2. The summed E-state index contributed by atoms with van der Waals surface area (Å²) in [7, 11) is 1.31. The zero-order valence-electron chi connectivity index (χ0n) is 14.5. The van der Waals surface area contributed by atoms with E-state index in [1.807, 2.05) is 19.2 Å². The Bertz CT molecular complexity index is 1060. The van der Waals surface area contributed by atoms with Crippen molar-refractivity contribution in [3.8, 4) is 22.6 Å². The highest BCUT2D eigenvalue weighted by Gasteiger charge is 2.21. The van der Waals surface area contributed by atoms with Gasteiger partial charge in [-0.25, -0.2) is 4.98 Å². The fourth-order valence-electron chi connectivity index (χ4n) is 2.62. The molecule has 0 saturated carbocycles. The molecule has 0 radical (unpaired) electrons. The van der Waals surface area contributed by atoms with Crippen molar-refractivity contribution in [3.05, 3.63) is 40.4 Å². The van der Waals surface area contributed by atoms with Crippen molar-refractivity contribution in [2.45, 2.75) is 13.3 Å². The number of nitrogens with one attached hydrogen (secondary N) is 3. The number of H-pyrrole nitrogens is 3. The first-order chi connectivity index (χ1) is 13.1. The highest BCUT2D eigenvalue weighted by atomic mass is 35.5. The Hall–Kier alpha value is -2.84. The van der Waals surface area contributed by atoms with Gasteiger partial charge in [0.15, 0.2) is 5.82 Å². The lowest BCUT2D eigenvalue weighted by Gasteiger charge is -1.99. The molecule has 140 valence electrons. The molecule has 3 heterocycles. The highest BCUT2D eigenvalue weighted by molar-refractivity contribution is 6.45. The molecule has 0 aliphatic heterocycles. The minimum absolute atomic E-state index is 0.375. The maximum Gasteiger partial charge on any atom is 0.292 e. The number of rotatable bonds is 4. The molecule has 4 aromatic rings.